The number of hydrogen-bond acceptors (Lipinski definition) is 5. The molecule has 1 aliphatic heterocycles. The van der Waals surface area contributed by atoms with Gasteiger partial charge in [0, 0.05) is 19.1 Å². The van der Waals surface area contributed by atoms with E-state index >= 15 is 0 Å². The van der Waals surface area contributed by atoms with Crippen LogP contribution in [0.3, 0.4) is 0 Å². The molecule has 0 radical (unpaired) electrons. The highest BCUT2D eigenvalue weighted by Gasteiger charge is 2.19. The average molecular weight is 232 g/mol. The van der Waals surface area contributed by atoms with Crippen molar-refractivity contribution < 1.29 is 14.5 Å². The summed E-state index contributed by atoms with van der Waals surface area (Å²) < 4.78 is 4.74. The highest BCUT2D eigenvalue weighted by molar-refractivity contribution is 6.06. The summed E-state index contributed by atoms with van der Waals surface area (Å²) in [5.41, 5.74) is 0.846. The summed E-state index contributed by atoms with van der Waals surface area (Å²) in [6.07, 6.45) is 1.52. The Kier molecular flexibility index (Phi) is 2.70. The molecule has 6 nitrogen and oxygen atoms in total. The summed E-state index contributed by atoms with van der Waals surface area (Å²) in [5, 5.41) is 10.4. The number of cyclic esters (lactones) is 1. The van der Waals surface area contributed by atoms with Crippen LogP contribution in [-0.4, -0.2) is 16.8 Å². The topological polar surface area (TPSA) is 81.8 Å². The number of non-ortho nitro benzene ring substituents is 1. The molecule has 0 N–H and O–H groups in total. The molecule has 0 atom stereocenters. The number of benzene rings is 1. The second kappa shape index (κ2) is 4.17. The Hall–Kier alpha value is -2.50. The predicted octanol–water partition coefficient (Wildman–Crippen LogP) is 1.91. The van der Waals surface area contributed by atoms with E-state index in [0.717, 1.165) is 0 Å². The molecule has 0 amide bonds. The molecule has 17 heavy (non-hydrogen) atoms. The zero-order valence-electron chi connectivity index (χ0n) is 8.91. The molecule has 0 bridgehead atoms. The quantitative estimate of drug-likeness (QED) is 0.337. The van der Waals surface area contributed by atoms with Crippen LogP contribution in [0, 0.1) is 10.1 Å². The SMILES string of the molecule is CC1=N/C(=C\c2ccc([N+](=O)[O-])cc2)C(=O)O1. The van der Waals surface area contributed by atoms with Crippen LogP contribution in [0.25, 0.3) is 6.08 Å². The Bertz CT molecular complexity index is 543. The average Bonchev–Trinajstić information content (AvgIpc) is 2.58. The third kappa shape index (κ3) is 2.36. The van der Waals surface area contributed by atoms with Crippen LogP contribution < -0.4 is 0 Å². The Labute approximate surface area is 96.4 Å². The summed E-state index contributed by atoms with van der Waals surface area (Å²) in [7, 11) is 0. The highest BCUT2D eigenvalue weighted by Crippen LogP contribution is 2.17. The molecule has 1 aromatic carbocycles. The first-order valence-electron chi connectivity index (χ1n) is 4.80. The number of carbonyl (C=O) groups excluding carboxylic acids is 1. The zero-order chi connectivity index (χ0) is 12.4. The van der Waals surface area contributed by atoms with Crippen molar-refractivity contribution >= 4 is 23.6 Å². The molecule has 86 valence electrons. The van der Waals surface area contributed by atoms with E-state index in [4.69, 9.17) is 4.74 Å². The lowest BCUT2D eigenvalue weighted by Crippen LogP contribution is -1.99. The first-order chi connectivity index (χ1) is 8.06. The minimum atomic E-state index is -0.513. The van der Waals surface area contributed by atoms with Gasteiger partial charge in [0.05, 0.1) is 4.92 Å². The lowest BCUT2D eigenvalue weighted by atomic mass is 10.2. The number of hydrogen-bond donors (Lipinski definition) is 0. The monoisotopic (exact) mass is 232 g/mol. The van der Waals surface area contributed by atoms with Crippen molar-refractivity contribution in [1.82, 2.24) is 0 Å². The van der Waals surface area contributed by atoms with Gasteiger partial charge in [-0.1, -0.05) is 0 Å². The second-order valence-corrected chi connectivity index (χ2v) is 3.40. The molecule has 0 unspecified atom stereocenters. The van der Waals surface area contributed by atoms with Crippen molar-refractivity contribution in [1.29, 1.82) is 0 Å². The molecule has 0 spiro atoms. The van der Waals surface area contributed by atoms with Crippen LogP contribution in [0.4, 0.5) is 5.69 Å². The van der Waals surface area contributed by atoms with Gasteiger partial charge in [-0.3, -0.25) is 10.1 Å². The number of nitrogens with zero attached hydrogens (tertiary/aromatic N) is 2. The maximum atomic E-state index is 11.3. The van der Waals surface area contributed by atoms with E-state index in [-0.39, 0.29) is 11.4 Å². The molecular formula is C11H8N2O4. The van der Waals surface area contributed by atoms with Gasteiger partial charge in [-0.2, -0.15) is 0 Å². The summed E-state index contributed by atoms with van der Waals surface area (Å²) in [6, 6.07) is 5.82. The molecule has 0 saturated heterocycles. The van der Waals surface area contributed by atoms with E-state index in [0.29, 0.717) is 11.5 Å². The van der Waals surface area contributed by atoms with Gasteiger partial charge in [0.25, 0.3) is 5.69 Å². The first-order valence-corrected chi connectivity index (χ1v) is 4.80. The number of aliphatic imine (C=N–C) groups is 1. The third-order valence-corrected chi connectivity index (χ3v) is 2.13. The van der Waals surface area contributed by atoms with Gasteiger partial charge in [0.15, 0.2) is 11.6 Å². The minimum absolute atomic E-state index is 0.000769. The van der Waals surface area contributed by atoms with E-state index in [1.165, 1.54) is 18.2 Å². The van der Waals surface area contributed by atoms with Gasteiger partial charge in [-0.15, -0.1) is 0 Å². The van der Waals surface area contributed by atoms with E-state index in [9.17, 15) is 14.9 Å². The van der Waals surface area contributed by atoms with E-state index in [1.807, 2.05) is 0 Å². The van der Waals surface area contributed by atoms with Crippen LogP contribution in [-0.2, 0) is 9.53 Å². The number of rotatable bonds is 2. The van der Waals surface area contributed by atoms with Crippen molar-refractivity contribution in [3.8, 4) is 0 Å². The molecule has 2 rings (SSSR count). The molecule has 6 heteroatoms. The summed E-state index contributed by atoms with van der Waals surface area (Å²) in [4.78, 5) is 25.1. The van der Waals surface area contributed by atoms with Crippen LogP contribution in [0.2, 0.25) is 0 Å². The van der Waals surface area contributed by atoms with Crippen LogP contribution >= 0.6 is 0 Å². The van der Waals surface area contributed by atoms with Crippen molar-refractivity contribution in [2.75, 3.05) is 0 Å². The fourth-order valence-corrected chi connectivity index (χ4v) is 1.37. The maximum Gasteiger partial charge on any atom is 0.363 e. The highest BCUT2D eigenvalue weighted by atomic mass is 16.6. The number of carbonyl (C=O) groups is 1. The molecule has 1 aromatic rings. The van der Waals surface area contributed by atoms with E-state index in [2.05, 4.69) is 4.99 Å². The molecule has 1 aliphatic rings. The van der Waals surface area contributed by atoms with Gasteiger partial charge in [0.1, 0.15) is 0 Å². The summed E-state index contributed by atoms with van der Waals surface area (Å²) >= 11 is 0. The van der Waals surface area contributed by atoms with Crippen molar-refractivity contribution in [2.24, 2.45) is 4.99 Å². The van der Waals surface area contributed by atoms with Crippen molar-refractivity contribution in [3.63, 3.8) is 0 Å². The van der Waals surface area contributed by atoms with E-state index < -0.39 is 10.9 Å². The zero-order valence-corrected chi connectivity index (χ0v) is 8.91. The normalized spacial score (nSPS) is 16.9. The van der Waals surface area contributed by atoms with Gasteiger partial charge in [-0.05, 0) is 23.8 Å². The second-order valence-electron chi connectivity index (χ2n) is 3.40. The van der Waals surface area contributed by atoms with Crippen LogP contribution in [0.15, 0.2) is 35.0 Å². The molecular weight excluding hydrogens is 224 g/mol. The standard InChI is InChI=1S/C11H8N2O4/c1-7-12-10(11(14)17-7)6-8-2-4-9(5-3-8)13(15)16/h2-6H,1H3/b10-6-. The fourth-order valence-electron chi connectivity index (χ4n) is 1.37. The molecule has 1 heterocycles. The lowest BCUT2D eigenvalue weighted by Gasteiger charge is -1.94. The van der Waals surface area contributed by atoms with Crippen molar-refractivity contribution in [2.45, 2.75) is 6.92 Å². The Balaban J connectivity index is 2.28. The van der Waals surface area contributed by atoms with Gasteiger partial charge in [-0.25, -0.2) is 9.79 Å². The van der Waals surface area contributed by atoms with Crippen LogP contribution in [0.5, 0.6) is 0 Å². The minimum Gasteiger partial charge on any atom is -0.407 e. The van der Waals surface area contributed by atoms with Gasteiger partial charge < -0.3 is 4.74 Å². The number of nitro groups is 1. The molecule has 0 aromatic heterocycles. The van der Waals surface area contributed by atoms with Crippen LogP contribution in [0.1, 0.15) is 12.5 Å². The largest absolute Gasteiger partial charge is 0.407 e. The third-order valence-electron chi connectivity index (χ3n) is 2.13. The van der Waals surface area contributed by atoms with E-state index in [1.54, 1.807) is 19.1 Å². The van der Waals surface area contributed by atoms with Gasteiger partial charge in [0.2, 0.25) is 0 Å². The number of esters is 1. The Morgan fingerprint density at radius 1 is 1.35 bits per heavy atom. The number of ether oxygens (including phenoxy) is 1. The maximum absolute atomic E-state index is 11.3. The smallest absolute Gasteiger partial charge is 0.363 e. The Morgan fingerprint density at radius 2 is 2.00 bits per heavy atom. The summed E-state index contributed by atoms with van der Waals surface area (Å²) in [5.74, 6) is -0.219. The number of nitro benzene ring substituents is 1. The van der Waals surface area contributed by atoms with Crippen molar-refractivity contribution in [3.05, 3.63) is 45.6 Å². The van der Waals surface area contributed by atoms with Gasteiger partial charge >= 0.3 is 5.97 Å². The fraction of sp³-hybridized carbons (Fsp3) is 0.0909. The first kappa shape index (κ1) is 11.0. The lowest BCUT2D eigenvalue weighted by molar-refractivity contribution is -0.384. The molecule has 0 saturated carbocycles. The molecule has 0 fully saturated rings. The molecule has 0 aliphatic carbocycles. The summed E-state index contributed by atoms with van der Waals surface area (Å²) in [6.45, 7) is 1.58. The Morgan fingerprint density at radius 3 is 2.47 bits per heavy atom. The predicted molar refractivity (Wildman–Crippen MR) is 60.3 cm³/mol.